The molecule has 12 heteroatoms. The van der Waals surface area contributed by atoms with Gasteiger partial charge in [-0.25, -0.2) is 14.0 Å². The van der Waals surface area contributed by atoms with Crippen LogP contribution in [0.4, 0.5) is 4.39 Å². The van der Waals surface area contributed by atoms with Crippen molar-refractivity contribution in [3.05, 3.63) is 77.1 Å². The summed E-state index contributed by atoms with van der Waals surface area (Å²) >= 11 is 0. The number of carbonyl (C=O) groups excluding carboxylic acids is 2. The van der Waals surface area contributed by atoms with E-state index in [4.69, 9.17) is 33.2 Å². The van der Waals surface area contributed by atoms with E-state index in [1.807, 2.05) is 0 Å². The first-order valence-electron chi connectivity index (χ1n) is 16.0. The molecule has 3 rings (SSSR count). The summed E-state index contributed by atoms with van der Waals surface area (Å²) in [4.78, 5) is 26.5. The molecule has 1 fully saturated rings. The molecule has 1 N–H and O–H groups in total. The molecule has 0 radical (unpaired) electrons. The van der Waals surface area contributed by atoms with Crippen LogP contribution in [0.3, 0.4) is 0 Å². The van der Waals surface area contributed by atoms with Crippen LogP contribution in [-0.4, -0.2) is 82.9 Å². The zero-order chi connectivity index (χ0) is 35.5. The molecule has 0 bridgehead atoms. The maximum atomic E-state index is 15.7. The number of esters is 2. The molecule has 1 heterocycles. The van der Waals surface area contributed by atoms with Gasteiger partial charge in [-0.05, 0) is 69.5 Å². The van der Waals surface area contributed by atoms with Crippen molar-refractivity contribution in [2.24, 2.45) is 0 Å². The Labute approximate surface area is 283 Å². The van der Waals surface area contributed by atoms with E-state index in [0.717, 1.165) is 6.04 Å². The van der Waals surface area contributed by atoms with Crippen LogP contribution in [0.1, 0.15) is 59.9 Å². The van der Waals surface area contributed by atoms with Gasteiger partial charge in [0.1, 0.15) is 29.0 Å². The van der Waals surface area contributed by atoms with Crippen LogP contribution < -0.4 is 9.47 Å². The summed E-state index contributed by atoms with van der Waals surface area (Å²) in [5.41, 5.74) is 0.902. The van der Waals surface area contributed by atoms with Crippen LogP contribution in [0.15, 0.2) is 60.4 Å². The standard InChI is InChI=1S/C36H49FO10Si/c1-24(38)17-18-28(37)32(45-34(39)25-13-10-9-11-14-25)33-29(46-36(2,3)47-33)16-12-15-26-21-27(42-5)22-30(44-23-41-4)31(26)35(40)43-19-20-48(6,7)8/h9-15,18,21-22,24,29,32-33,38H,16-17,19-20,23H2,1-8H3/t24-,29+,32?,33+/m1/s1. The summed E-state index contributed by atoms with van der Waals surface area (Å²) in [5.74, 6) is -2.52. The predicted molar refractivity (Wildman–Crippen MR) is 183 cm³/mol. The number of carbonyl (C=O) groups is 2. The average molecular weight is 689 g/mol. The first kappa shape index (κ1) is 38.9. The molecule has 1 unspecified atom stereocenters. The Hall–Kier alpha value is -3.55. The van der Waals surface area contributed by atoms with Crippen LogP contribution in [0.2, 0.25) is 25.7 Å². The number of methoxy groups -OCH3 is 2. The van der Waals surface area contributed by atoms with E-state index in [1.54, 1.807) is 68.5 Å². The summed E-state index contributed by atoms with van der Waals surface area (Å²) in [6.07, 6.45) is 0.759. The lowest BCUT2D eigenvalue weighted by Gasteiger charge is -2.25. The highest BCUT2D eigenvalue weighted by Gasteiger charge is 2.47. The van der Waals surface area contributed by atoms with Gasteiger partial charge in [-0.2, -0.15) is 0 Å². The lowest BCUT2D eigenvalue weighted by molar-refractivity contribution is -0.154. The second-order valence-corrected chi connectivity index (χ2v) is 18.9. The van der Waals surface area contributed by atoms with E-state index in [0.29, 0.717) is 11.3 Å². The molecular weight excluding hydrogens is 639 g/mol. The number of aliphatic hydroxyl groups is 1. The summed E-state index contributed by atoms with van der Waals surface area (Å²) in [7, 11) is 1.51. The zero-order valence-electron chi connectivity index (χ0n) is 29.1. The van der Waals surface area contributed by atoms with Crippen LogP contribution in [0.5, 0.6) is 11.5 Å². The van der Waals surface area contributed by atoms with E-state index in [2.05, 4.69) is 19.6 Å². The van der Waals surface area contributed by atoms with Crippen LogP contribution in [0.25, 0.3) is 6.08 Å². The van der Waals surface area contributed by atoms with Gasteiger partial charge in [0.05, 0.1) is 31.5 Å². The molecule has 0 aliphatic carbocycles. The van der Waals surface area contributed by atoms with Crippen LogP contribution in [0, 0.1) is 0 Å². The Balaban J connectivity index is 1.95. The number of ether oxygens (including phenoxy) is 7. The third-order valence-corrected chi connectivity index (χ3v) is 9.02. The largest absolute Gasteiger partial charge is 0.497 e. The van der Waals surface area contributed by atoms with E-state index < -0.39 is 56.0 Å². The number of benzene rings is 2. The predicted octanol–water partition coefficient (Wildman–Crippen LogP) is 6.95. The highest BCUT2D eigenvalue weighted by Crippen LogP contribution is 2.37. The van der Waals surface area contributed by atoms with Gasteiger partial charge in [0, 0.05) is 21.3 Å². The topological polar surface area (TPSA) is 119 Å². The van der Waals surface area contributed by atoms with Crippen molar-refractivity contribution in [2.75, 3.05) is 27.6 Å². The maximum Gasteiger partial charge on any atom is 0.342 e. The molecule has 1 aliphatic rings. The van der Waals surface area contributed by atoms with Crippen molar-refractivity contribution in [2.45, 2.75) is 89.5 Å². The van der Waals surface area contributed by atoms with Crippen molar-refractivity contribution in [3.8, 4) is 11.5 Å². The van der Waals surface area contributed by atoms with Gasteiger partial charge in [0.2, 0.25) is 0 Å². The minimum Gasteiger partial charge on any atom is -0.497 e. The number of hydrogen-bond acceptors (Lipinski definition) is 10. The fourth-order valence-corrected chi connectivity index (χ4v) is 5.62. The number of hydrogen-bond donors (Lipinski definition) is 1. The fourth-order valence-electron chi connectivity index (χ4n) is 4.91. The fraction of sp³-hybridized carbons (Fsp3) is 0.500. The molecule has 0 spiro atoms. The number of rotatable bonds is 17. The molecule has 0 saturated carbocycles. The lowest BCUT2D eigenvalue weighted by atomic mass is 10.0. The van der Waals surface area contributed by atoms with Crippen molar-refractivity contribution in [1.29, 1.82) is 0 Å². The molecule has 0 amide bonds. The third-order valence-electron chi connectivity index (χ3n) is 7.32. The van der Waals surface area contributed by atoms with Gasteiger partial charge < -0.3 is 38.3 Å². The second kappa shape index (κ2) is 17.7. The number of aliphatic hydroxyl groups excluding tert-OH is 1. The smallest absolute Gasteiger partial charge is 0.342 e. The Morgan fingerprint density at radius 2 is 1.79 bits per heavy atom. The first-order chi connectivity index (χ1) is 22.6. The summed E-state index contributed by atoms with van der Waals surface area (Å²) < 4.78 is 55.7. The van der Waals surface area contributed by atoms with Gasteiger partial charge in [-0.1, -0.05) is 50.0 Å². The molecule has 0 aromatic heterocycles. The monoisotopic (exact) mass is 688 g/mol. The van der Waals surface area contributed by atoms with Crippen molar-refractivity contribution >= 4 is 26.1 Å². The zero-order valence-corrected chi connectivity index (χ0v) is 30.1. The van der Waals surface area contributed by atoms with Crippen molar-refractivity contribution in [1.82, 2.24) is 0 Å². The second-order valence-electron chi connectivity index (χ2n) is 13.2. The van der Waals surface area contributed by atoms with Gasteiger partial charge in [-0.3, -0.25) is 0 Å². The number of halogens is 1. The Bertz CT molecular complexity index is 1420. The summed E-state index contributed by atoms with van der Waals surface area (Å²) in [5, 5.41) is 9.78. The summed E-state index contributed by atoms with van der Waals surface area (Å²) in [6, 6.07) is 12.3. The minimum atomic E-state index is -1.46. The van der Waals surface area contributed by atoms with Gasteiger partial charge in [-0.15, -0.1) is 0 Å². The van der Waals surface area contributed by atoms with Gasteiger partial charge in [0.25, 0.3) is 0 Å². The molecular formula is C36H49FO10Si. The van der Waals surface area contributed by atoms with E-state index in [-0.39, 0.29) is 43.1 Å². The van der Waals surface area contributed by atoms with Crippen molar-refractivity contribution < 1.29 is 52.2 Å². The maximum absolute atomic E-state index is 15.7. The molecule has 1 saturated heterocycles. The highest BCUT2D eigenvalue weighted by molar-refractivity contribution is 6.76. The van der Waals surface area contributed by atoms with Crippen LogP contribution >= 0.6 is 0 Å². The molecule has 264 valence electrons. The highest BCUT2D eigenvalue weighted by atomic mass is 28.3. The molecule has 2 aromatic carbocycles. The van der Waals surface area contributed by atoms with E-state index in [9.17, 15) is 14.7 Å². The Kier molecular flexibility index (Phi) is 14.4. The summed E-state index contributed by atoms with van der Waals surface area (Å²) in [6.45, 7) is 11.7. The lowest BCUT2D eigenvalue weighted by Crippen LogP contribution is -2.39. The normalized spacial score (nSPS) is 19.2. The Morgan fingerprint density at radius 3 is 2.42 bits per heavy atom. The molecule has 1 aliphatic heterocycles. The van der Waals surface area contributed by atoms with Gasteiger partial charge in [0.15, 0.2) is 18.7 Å². The van der Waals surface area contributed by atoms with Crippen molar-refractivity contribution in [3.63, 3.8) is 0 Å². The van der Waals surface area contributed by atoms with E-state index in [1.165, 1.54) is 27.2 Å². The SMILES string of the molecule is COCOc1cc(OC)cc(C=CC[C@@H]2OC(C)(C)O[C@@H]2C(OC(=O)c2ccccc2)C(F)=CC[C@@H](C)O)c1C(=O)OCC[Si](C)(C)C. The van der Waals surface area contributed by atoms with Gasteiger partial charge >= 0.3 is 11.9 Å². The average Bonchev–Trinajstić information content (AvgIpc) is 3.34. The van der Waals surface area contributed by atoms with Crippen LogP contribution in [-0.2, 0) is 23.7 Å². The molecule has 2 aromatic rings. The quantitative estimate of drug-likeness (QED) is 0.106. The molecule has 48 heavy (non-hydrogen) atoms. The Morgan fingerprint density at radius 1 is 1.08 bits per heavy atom. The van der Waals surface area contributed by atoms with E-state index >= 15 is 4.39 Å². The first-order valence-corrected chi connectivity index (χ1v) is 19.7. The molecule has 4 atom stereocenters. The third kappa shape index (κ3) is 11.8. The molecule has 10 nitrogen and oxygen atoms in total. The minimum absolute atomic E-state index is 0.00684.